The zero-order valence-corrected chi connectivity index (χ0v) is 10.2. The minimum atomic E-state index is 0.548. The van der Waals surface area contributed by atoms with E-state index < -0.39 is 0 Å². The van der Waals surface area contributed by atoms with Crippen molar-refractivity contribution in [3.8, 4) is 0 Å². The lowest BCUT2D eigenvalue weighted by molar-refractivity contribution is 0.297. The Kier molecular flexibility index (Phi) is 2.54. The molecule has 3 aliphatic rings. The summed E-state index contributed by atoms with van der Waals surface area (Å²) in [7, 11) is 0. The Balaban J connectivity index is 2.04. The number of ether oxygens (including phenoxy) is 1. The molecule has 0 fully saturated rings. The fourth-order valence-corrected chi connectivity index (χ4v) is 2.80. The topological polar surface area (TPSA) is 47.6 Å². The summed E-state index contributed by atoms with van der Waals surface area (Å²) < 4.78 is 5.84. The van der Waals surface area contributed by atoms with E-state index in [4.69, 9.17) is 10.5 Å². The molecule has 17 heavy (non-hydrogen) atoms. The van der Waals surface area contributed by atoms with Gasteiger partial charge in [-0.25, -0.2) is 4.99 Å². The normalized spacial score (nSPS) is 27.4. The molecule has 1 aliphatic heterocycles. The number of nitrogens with two attached hydrogens (primary N) is 1. The van der Waals surface area contributed by atoms with Crippen LogP contribution in [0.1, 0.15) is 39.0 Å². The van der Waals surface area contributed by atoms with Crippen molar-refractivity contribution in [2.45, 2.75) is 39.0 Å². The van der Waals surface area contributed by atoms with E-state index in [0.717, 1.165) is 36.5 Å². The van der Waals surface area contributed by atoms with Crippen molar-refractivity contribution in [2.75, 3.05) is 0 Å². The number of nitrogens with zero attached hydrogens (tertiary/aromatic N) is 1. The van der Waals surface area contributed by atoms with Gasteiger partial charge in [-0.2, -0.15) is 0 Å². The number of rotatable bonds is 1. The third kappa shape index (κ3) is 1.70. The Bertz CT molecular complexity index is 469. The van der Waals surface area contributed by atoms with Crippen molar-refractivity contribution in [3.05, 3.63) is 35.1 Å². The first-order valence-electron chi connectivity index (χ1n) is 6.45. The van der Waals surface area contributed by atoms with Gasteiger partial charge in [0.15, 0.2) is 5.82 Å². The van der Waals surface area contributed by atoms with Crippen LogP contribution in [0.25, 0.3) is 0 Å². The largest absolute Gasteiger partial charge is 0.456 e. The average molecular weight is 230 g/mol. The molecule has 0 radical (unpaired) electrons. The number of fused-ring (bicyclic) bond motifs is 3. The molecule has 0 aromatic rings. The highest BCUT2D eigenvalue weighted by molar-refractivity contribution is 6.13. The summed E-state index contributed by atoms with van der Waals surface area (Å²) in [5.74, 6) is 2.90. The van der Waals surface area contributed by atoms with Gasteiger partial charge in [0.2, 0.25) is 0 Å². The average Bonchev–Trinajstić information content (AvgIpc) is 2.38. The zero-order chi connectivity index (χ0) is 11.8. The monoisotopic (exact) mass is 230 g/mol. The van der Waals surface area contributed by atoms with Gasteiger partial charge in [-0.15, -0.1) is 0 Å². The van der Waals surface area contributed by atoms with Crippen molar-refractivity contribution in [1.82, 2.24) is 0 Å². The minimum Gasteiger partial charge on any atom is -0.456 e. The van der Waals surface area contributed by atoms with E-state index in [1.807, 2.05) is 6.92 Å². The number of aliphatic imine (C=N–C) groups is 1. The van der Waals surface area contributed by atoms with Crippen molar-refractivity contribution in [2.24, 2.45) is 16.6 Å². The Morgan fingerprint density at radius 1 is 1.47 bits per heavy atom. The predicted octanol–water partition coefficient (Wildman–Crippen LogP) is 3.01. The Morgan fingerprint density at radius 2 is 2.35 bits per heavy atom. The van der Waals surface area contributed by atoms with Crippen LogP contribution in [0.15, 0.2) is 40.1 Å². The maximum atomic E-state index is 5.93. The van der Waals surface area contributed by atoms with Crippen LogP contribution in [0.5, 0.6) is 0 Å². The van der Waals surface area contributed by atoms with Crippen LogP contribution in [0.4, 0.5) is 0 Å². The molecule has 0 aromatic heterocycles. The Morgan fingerprint density at radius 3 is 3.18 bits per heavy atom. The summed E-state index contributed by atoms with van der Waals surface area (Å²) in [5.41, 5.74) is 8.27. The third-order valence-corrected chi connectivity index (χ3v) is 3.73. The van der Waals surface area contributed by atoms with Gasteiger partial charge in [0.1, 0.15) is 17.2 Å². The lowest BCUT2D eigenvalue weighted by Crippen LogP contribution is -2.27. The standard InChI is InChI=1S/C14H18N2O/c1-2-11-14(15)16-13-10-6-4-3-5-9(10)7-8-12(13)17-11/h6,8-9H,2-5,7,15H2,1H3. The number of hydrogen-bond acceptors (Lipinski definition) is 3. The minimum absolute atomic E-state index is 0.548. The van der Waals surface area contributed by atoms with E-state index in [0.29, 0.717) is 11.7 Å². The first-order chi connectivity index (χ1) is 8.29. The van der Waals surface area contributed by atoms with Gasteiger partial charge in [0, 0.05) is 6.42 Å². The Hall–Kier alpha value is -1.51. The summed E-state index contributed by atoms with van der Waals surface area (Å²) in [6.07, 6.45) is 10.1. The van der Waals surface area contributed by atoms with Crippen LogP contribution in [0.2, 0.25) is 0 Å². The molecule has 0 bridgehead atoms. The van der Waals surface area contributed by atoms with Gasteiger partial charge < -0.3 is 10.5 Å². The second kappa shape index (κ2) is 4.06. The lowest BCUT2D eigenvalue weighted by atomic mass is 9.79. The first kappa shape index (κ1) is 10.6. The summed E-state index contributed by atoms with van der Waals surface area (Å²) in [6, 6.07) is 0. The maximum Gasteiger partial charge on any atom is 0.163 e. The van der Waals surface area contributed by atoms with E-state index in [2.05, 4.69) is 17.1 Å². The highest BCUT2D eigenvalue weighted by Crippen LogP contribution is 2.37. The van der Waals surface area contributed by atoms with Gasteiger partial charge in [-0.1, -0.05) is 13.0 Å². The van der Waals surface area contributed by atoms with Crippen molar-refractivity contribution in [3.63, 3.8) is 0 Å². The zero-order valence-electron chi connectivity index (χ0n) is 10.2. The summed E-state index contributed by atoms with van der Waals surface area (Å²) in [5, 5.41) is 0. The predicted molar refractivity (Wildman–Crippen MR) is 68.1 cm³/mol. The molecule has 0 saturated heterocycles. The third-order valence-electron chi connectivity index (χ3n) is 3.73. The second-order valence-corrected chi connectivity index (χ2v) is 4.82. The molecule has 3 heteroatoms. The molecule has 3 rings (SSSR count). The highest BCUT2D eigenvalue weighted by Gasteiger charge is 2.31. The molecule has 1 atom stereocenters. The molecular weight excluding hydrogens is 212 g/mol. The molecule has 0 aromatic carbocycles. The second-order valence-electron chi connectivity index (χ2n) is 4.82. The molecule has 90 valence electrons. The highest BCUT2D eigenvalue weighted by atomic mass is 16.5. The molecule has 0 spiro atoms. The van der Waals surface area contributed by atoms with E-state index in [9.17, 15) is 0 Å². The molecule has 2 aliphatic carbocycles. The van der Waals surface area contributed by atoms with Crippen LogP contribution in [0.3, 0.4) is 0 Å². The van der Waals surface area contributed by atoms with Crippen molar-refractivity contribution < 1.29 is 4.74 Å². The maximum absolute atomic E-state index is 5.93. The van der Waals surface area contributed by atoms with Gasteiger partial charge in [0.05, 0.1) is 0 Å². The van der Waals surface area contributed by atoms with Crippen molar-refractivity contribution >= 4 is 5.71 Å². The van der Waals surface area contributed by atoms with Crippen LogP contribution in [0, 0.1) is 5.92 Å². The SMILES string of the molecule is CCC1=C(N)N=C2C(=CCC3CCCC=C23)O1. The van der Waals surface area contributed by atoms with E-state index in [1.54, 1.807) is 0 Å². The van der Waals surface area contributed by atoms with Crippen LogP contribution < -0.4 is 5.73 Å². The quantitative estimate of drug-likeness (QED) is 0.752. The van der Waals surface area contributed by atoms with Gasteiger partial charge in [0.25, 0.3) is 0 Å². The van der Waals surface area contributed by atoms with Gasteiger partial charge in [-0.05, 0) is 43.3 Å². The molecule has 1 unspecified atom stereocenters. The summed E-state index contributed by atoms with van der Waals surface area (Å²) >= 11 is 0. The smallest absolute Gasteiger partial charge is 0.163 e. The fraction of sp³-hybridized carbons (Fsp3) is 0.500. The summed E-state index contributed by atoms with van der Waals surface area (Å²) in [4.78, 5) is 4.55. The molecule has 3 nitrogen and oxygen atoms in total. The van der Waals surface area contributed by atoms with Gasteiger partial charge >= 0.3 is 0 Å². The summed E-state index contributed by atoms with van der Waals surface area (Å²) in [6.45, 7) is 2.04. The number of hydrogen-bond donors (Lipinski definition) is 1. The first-order valence-corrected chi connectivity index (χ1v) is 6.45. The molecular formula is C14H18N2O. The van der Waals surface area contributed by atoms with Crippen LogP contribution in [-0.2, 0) is 4.74 Å². The van der Waals surface area contributed by atoms with E-state index >= 15 is 0 Å². The van der Waals surface area contributed by atoms with Crippen molar-refractivity contribution in [1.29, 1.82) is 0 Å². The van der Waals surface area contributed by atoms with E-state index in [1.165, 1.54) is 18.4 Å². The van der Waals surface area contributed by atoms with Crippen LogP contribution in [-0.4, -0.2) is 5.71 Å². The number of allylic oxidation sites excluding steroid dienone is 4. The lowest BCUT2D eigenvalue weighted by Gasteiger charge is -2.31. The Labute approximate surface area is 102 Å². The molecule has 0 amide bonds. The molecule has 2 N–H and O–H groups in total. The van der Waals surface area contributed by atoms with E-state index in [-0.39, 0.29) is 0 Å². The molecule has 1 heterocycles. The fourth-order valence-electron chi connectivity index (χ4n) is 2.80. The van der Waals surface area contributed by atoms with Crippen LogP contribution >= 0.6 is 0 Å². The van der Waals surface area contributed by atoms with Gasteiger partial charge in [-0.3, -0.25) is 0 Å². The molecule has 0 saturated carbocycles.